The highest BCUT2D eigenvalue weighted by Gasteiger charge is 2.42. The first-order valence-electron chi connectivity index (χ1n) is 10.8. The Labute approximate surface area is 168 Å². The molecule has 2 rings (SSSR count). The molecule has 5 nitrogen and oxygen atoms in total. The second-order valence-electron chi connectivity index (χ2n) is 8.56. The van der Waals surface area contributed by atoms with Crippen LogP contribution in [0.15, 0.2) is 24.3 Å². The van der Waals surface area contributed by atoms with Crippen molar-refractivity contribution in [3.63, 3.8) is 0 Å². The van der Waals surface area contributed by atoms with E-state index in [1.807, 2.05) is 24.3 Å². The Morgan fingerprint density at radius 1 is 1.29 bits per heavy atom. The van der Waals surface area contributed by atoms with Gasteiger partial charge in [-0.15, -0.1) is 0 Å². The van der Waals surface area contributed by atoms with Gasteiger partial charge in [0.1, 0.15) is 5.78 Å². The Bertz CT molecular complexity index is 576. The van der Waals surface area contributed by atoms with Crippen LogP contribution in [0, 0.1) is 17.3 Å². The van der Waals surface area contributed by atoms with Crippen LogP contribution in [0.4, 0.5) is 0 Å². The van der Waals surface area contributed by atoms with Gasteiger partial charge in [0.25, 0.3) is 0 Å². The maximum absolute atomic E-state index is 12.2. The lowest BCUT2D eigenvalue weighted by molar-refractivity contribution is -0.137. The van der Waals surface area contributed by atoms with Crippen LogP contribution in [0.1, 0.15) is 77.6 Å². The molecule has 0 spiro atoms. The molecule has 2 unspecified atom stereocenters. The van der Waals surface area contributed by atoms with Crippen molar-refractivity contribution in [1.29, 1.82) is 0 Å². The van der Waals surface area contributed by atoms with E-state index in [1.165, 1.54) is 6.42 Å². The normalized spacial score (nSPS) is 28.1. The maximum Gasteiger partial charge on any atom is 0.303 e. The van der Waals surface area contributed by atoms with Gasteiger partial charge in [0.2, 0.25) is 0 Å². The Morgan fingerprint density at radius 3 is 2.64 bits per heavy atom. The minimum absolute atomic E-state index is 0.0707. The highest BCUT2D eigenvalue weighted by Crippen LogP contribution is 2.48. The summed E-state index contributed by atoms with van der Waals surface area (Å²) in [5.41, 5.74) is 0.0707. The Balaban J connectivity index is 1.85. The van der Waals surface area contributed by atoms with Crippen molar-refractivity contribution in [2.75, 3.05) is 0 Å². The number of unbranched alkanes of at least 4 members (excludes halogenated alkanes) is 1. The fraction of sp³-hybridized carbons (Fsp3) is 0.739. The van der Waals surface area contributed by atoms with Crippen molar-refractivity contribution in [3.05, 3.63) is 24.3 Å². The summed E-state index contributed by atoms with van der Waals surface area (Å²) in [5.74, 6) is -1.14. The average molecular weight is 393 g/mol. The molecule has 2 aliphatic rings. The van der Waals surface area contributed by atoms with Crippen molar-refractivity contribution in [2.24, 2.45) is 17.3 Å². The topological polar surface area (TPSA) is 94.8 Å². The number of Topliss-reactive ketones (excluding diaryl/α,β-unsaturated/α-hetero) is 1. The van der Waals surface area contributed by atoms with Crippen LogP contribution in [0.2, 0.25) is 0 Å². The van der Waals surface area contributed by atoms with E-state index >= 15 is 0 Å². The fourth-order valence-electron chi connectivity index (χ4n) is 4.75. The monoisotopic (exact) mass is 392 g/mol. The molecule has 158 valence electrons. The van der Waals surface area contributed by atoms with E-state index in [-0.39, 0.29) is 42.0 Å². The molecule has 0 heterocycles. The van der Waals surface area contributed by atoms with E-state index in [2.05, 4.69) is 6.92 Å². The zero-order valence-electron chi connectivity index (χ0n) is 17.1. The van der Waals surface area contributed by atoms with Crippen molar-refractivity contribution in [1.82, 2.24) is 0 Å². The minimum Gasteiger partial charge on any atom is -0.481 e. The summed E-state index contributed by atoms with van der Waals surface area (Å²) in [7, 11) is 0. The standard InChI is InChI=1S/C23H36O5/c1-2-13-23(14-8-15-23)21(26)11-7-10-18-17(19(24)16-20(18)25)9-5-3-4-6-12-22(27)28/h3,5,7,10,17-18,20-21,25-26H,2,4,6,8-9,11-16H2,1H3,(H,27,28)/b5-3-,10-7+/t17?,18-,20?,21-/m1/s1. The van der Waals surface area contributed by atoms with E-state index in [0.29, 0.717) is 25.7 Å². The van der Waals surface area contributed by atoms with E-state index < -0.39 is 12.1 Å². The highest BCUT2D eigenvalue weighted by molar-refractivity contribution is 5.84. The first kappa shape index (κ1) is 22.8. The van der Waals surface area contributed by atoms with Crippen LogP contribution in [-0.2, 0) is 9.59 Å². The Kier molecular flexibility index (Phi) is 8.90. The molecular weight excluding hydrogens is 356 g/mol. The molecule has 0 amide bonds. The lowest BCUT2D eigenvalue weighted by Gasteiger charge is -2.45. The van der Waals surface area contributed by atoms with Gasteiger partial charge in [-0.2, -0.15) is 0 Å². The number of rotatable bonds is 12. The van der Waals surface area contributed by atoms with Crippen LogP contribution in [0.25, 0.3) is 0 Å². The number of aliphatic hydroxyl groups excluding tert-OH is 2. The summed E-state index contributed by atoms with van der Waals surface area (Å²) >= 11 is 0. The molecule has 0 saturated heterocycles. The third kappa shape index (κ3) is 6.02. The minimum atomic E-state index is -0.794. The number of hydrogen-bond acceptors (Lipinski definition) is 4. The zero-order valence-corrected chi connectivity index (χ0v) is 17.1. The third-order valence-electron chi connectivity index (χ3n) is 6.57. The number of carboxylic acid groups (broad SMARTS) is 1. The van der Waals surface area contributed by atoms with Gasteiger partial charge < -0.3 is 15.3 Å². The van der Waals surface area contributed by atoms with E-state index in [4.69, 9.17) is 5.11 Å². The van der Waals surface area contributed by atoms with Gasteiger partial charge in [0, 0.05) is 24.7 Å². The molecule has 0 aromatic heterocycles. The van der Waals surface area contributed by atoms with Crippen LogP contribution in [0.3, 0.4) is 0 Å². The average Bonchev–Trinajstić information content (AvgIpc) is 2.87. The Morgan fingerprint density at radius 2 is 2.04 bits per heavy atom. The van der Waals surface area contributed by atoms with E-state index in [0.717, 1.165) is 25.7 Å². The van der Waals surface area contributed by atoms with Crippen LogP contribution in [-0.4, -0.2) is 39.3 Å². The van der Waals surface area contributed by atoms with Crippen molar-refractivity contribution >= 4 is 11.8 Å². The Hall–Kier alpha value is -1.46. The predicted molar refractivity (Wildman–Crippen MR) is 109 cm³/mol. The first-order valence-corrected chi connectivity index (χ1v) is 10.8. The molecule has 0 radical (unpaired) electrons. The van der Waals surface area contributed by atoms with Gasteiger partial charge in [-0.1, -0.05) is 44.1 Å². The molecule has 2 saturated carbocycles. The van der Waals surface area contributed by atoms with Crippen LogP contribution in [0.5, 0.6) is 0 Å². The zero-order chi connectivity index (χ0) is 20.6. The second-order valence-corrected chi connectivity index (χ2v) is 8.56. The predicted octanol–water partition coefficient (Wildman–Crippen LogP) is 4.03. The number of hydrogen-bond donors (Lipinski definition) is 3. The summed E-state index contributed by atoms with van der Waals surface area (Å²) in [4.78, 5) is 22.8. The van der Waals surface area contributed by atoms with Gasteiger partial charge in [-0.3, -0.25) is 9.59 Å². The molecule has 0 bridgehead atoms. The SMILES string of the molecule is CCCC1([C@H](O)C/C=C/[C@H]2C(O)CC(=O)C2C/C=C\CCCC(=O)O)CCC1. The van der Waals surface area contributed by atoms with Gasteiger partial charge >= 0.3 is 5.97 Å². The lowest BCUT2D eigenvalue weighted by atomic mass is 9.62. The molecular formula is C23H36O5. The van der Waals surface area contributed by atoms with Gasteiger partial charge in [-0.05, 0) is 50.4 Å². The van der Waals surface area contributed by atoms with Crippen LogP contribution < -0.4 is 0 Å². The summed E-state index contributed by atoms with van der Waals surface area (Å²) in [6.07, 6.45) is 15.0. The highest BCUT2D eigenvalue weighted by atomic mass is 16.4. The molecule has 5 heteroatoms. The third-order valence-corrected chi connectivity index (χ3v) is 6.57. The lowest BCUT2D eigenvalue weighted by Crippen LogP contribution is -2.41. The number of carboxylic acids is 1. The van der Waals surface area contributed by atoms with E-state index in [1.54, 1.807) is 0 Å². The first-order chi connectivity index (χ1) is 13.4. The number of carbonyl (C=O) groups excluding carboxylic acids is 1. The van der Waals surface area contributed by atoms with Gasteiger partial charge in [0.15, 0.2) is 0 Å². The summed E-state index contributed by atoms with van der Waals surface area (Å²) in [6.45, 7) is 2.16. The smallest absolute Gasteiger partial charge is 0.303 e. The molecule has 3 N–H and O–H groups in total. The fourth-order valence-corrected chi connectivity index (χ4v) is 4.75. The molecule has 0 aliphatic heterocycles. The summed E-state index contributed by atoms with van der Waals surface area (Å²) in [6, 6.07) is 0. The van der Waals surface area contributed by atoms with Crippen LogP contribution >= 0.6 is 0 Å². The largest absolute Gasteiger partial charge is 0.481 e. The number of allylic oxidation sites excluding steroid dienone is 2. The molecule has 28 heavy (non-hydrogen) atoms. The van der Waals surface area contributed by atoms with Crippen molar-refractivity contribution < 1.29 is 24.9 Å². The number of aliphatic carboxylic acids is 1. The molecule has 0 aromatic carbocycles. The van der Waals surface area contributed by atoms with Gasteiger partial charge in [-0.25, -0.2) is 0 Å². The number of ketones is 1. The number of aliphatic hydroxyl groups is 2. The molecule has 4 atom stereocenters. The summed E-state index contributed by atoms with van der Waals surface area (Å²) in [5, 5.41) is 29.6. The van der Waals surface area contributed by atoms with E-state index in [9.17, 15) is 19.8 Å². The van der Waals surface area contributed by atoms with Crippen molar-refractivity contribution in [3.8, 4) is 0 Å². The van der Waals surface area contributed by atoms with Gasteiger partial charge in [0.05, 0.1) is 12.2 Å². The molecule has 2 fully saturated rings. The second kappa shape index (κ2) is 10.9. The maximum atomic E-state index is 12.2. The summed E-state index contributed by atoms with van der Waals surface area (Å²) < 4.78 is 0. The molecule has 0 aromatic rings. The number of carbonyl (C=O) groups is 2. The van der Waals surface area contributed by atoms with Crippen molar-refractivity contribution in [2.45, 2.75) is 89.8 Å². The quantitative estimate of drug-likeness (QED) is 0.344. The molecule has 2 aliphatic carbocycles.